The number of carbonyl (C=O) groups is 1. The fourth-order valence-corrected chi connectivity index (χ4v) is 1.76. The van der Waals surface area contributed by atoms with E-state index < -0.39 is 22.6 Å². The van der Waals surface area contributed by atoms with Gasteiger partial charge in [-0.2, -0.15) is 18.0 Å². The molecule has 0 saturated carbocycles. The SMILES string of the molecule is O=C(O)[N+]1(c2ccccc2)N=CC=C1C(F)(F)F. The van der Waals surface area contributed by atoms with E-state index in [0.717, 1.165) is 6.21 Å². The number of quaternary nitrogens is 1. The van der Waals surface area contributed by atoms with Crippen LogP contribution in [0.4, 0.5) is 23.7 Å². The van der Waals surface area contributed by atoms with Crippen LogP contribution in [0.2, 0.25) is 0 Å². The van der Waals surface area contributed by atoms with Crippen LogP contribution in [0.3, 0.4) is 0 Å². The van der Waals surface area contributed by atoms with Crippen molar-refractivity contribution in [2.24, 2.45) is 5.10 Å². The summed E-state index contributed by atoms with van der Waals surface area (Å²) in [6.07, 6.45) is -4.96. The third-order valence-corrected chi connectivity index (χ3v) is 2.52. The topological polar surface area (TPSA) is 49.7 Å². The molecule has 1 aromatic carbocycles. The Balaban J connectivity index is 2.64. The molecule has 0 bridgehead atoms. The number of rotatable bonds is 1. The number of hydrogen-bond donors (Lipinski definition) is 1. The number of alkyl halides is 3. The molecule has 1 aliphatic rings. The van der Waals surface area contributed by atoms with Crippen molar-refractivity contribution in [1.29, 1.82) is 0 Å². The molecule has 18 heavy (non-hydrogen) atoms. The molecule has 1 aromatic rings. The van der Waals surface area contributed by atoms with E-state index in [1.54, 1.807) is 6.07 Å². The van der Waals surface area contributed by atoms with Gasteiger partial charge in [-0.1, -0.05) is 23.3 Å². The summed E-state index contributed by atoms with van der Waals surface area (Å²) in [5.74, 6) is 0. The Bertz CT molecular complexity index is 537. The molecule has 7 heteroatoms. The van der Waals surface area contributed by atoms with Crippen molar-refractivity contribution in [1.82, 2.24) is 4.59 Å². The minimum absolute atomic E-state index is 0.0812. The van der Waals surface area contributed by atoms with Gasteiger partial charge in [0.15, 0.2) is 5.69 Å². The lowest BCUT2D eigenvalue weighted by Gasteiger charge is -2.25. The Hall–Kier alpha value is -2.15. The highest BCUT2D eigenvalue weighted by molar-refractivity contribution is 5.91. The normalized spacial score (nSPS) is 22.9. The molecule has 0 aromatic heterocycles. The predicted octanol–water partition coefficient (Wildman–Crippen LogP) is 3.12. The predicted molar refractivity (Wildman–Crippen MR) is 58.9 cm³/mol. The average Bonchev–Trinajstić information content (AvgIpc) is 2.75. The number of para-hydroxylation sites is 1. The van der Waals surface area contributed by atoms with Gasteiger partial charge >= 0.3 is 12.3 Å². The number of nitrogens with zero attached hydrogens (tertiary/aromatic N) is 2. The second kappa shape index (κ2) is 3.95. The molecular weight excluding hydrogens is 249 g/mol. The summed E-state index contributed by atoms with van der Waals surface area (Å²) >= 11 is 0. The molecule has 1 atom stereocenters. The van der Waals surface area contributed by atoms with Crippen molar-refractivity contribution >= 4 is 18.0 Å². The monoisotopic (exact) mass is 257 g/mol. The van der Waals surface area contributed by atoms with E-state index in [9.17, 15) is 18.0 Å². The zero-order chi connectivity index (χ0) is 13.4. The molecule has 0 saturated heterocycles. The summed E-state index contributed by atoms with van der Waals surface area (Å²) in [5, 5.41) is 12.7. The number of benzene rings is 1. The number of allylic oxidation sites excluding steroid dienone is 2. The number of carboxylic acid groups (broad SMARTS) is 1. The minimum atomic E-state index is -4.77. The summed E-state index contributed by atoms with van der Waals surface area (Å²) in [4.78, 5) is 11.3. The fraction of sp³-hybridized carbons (Fsp3) is 0.0909. The van der Waals surface area contributed by atoms with Crippen LogP contribution in [0.5, 0.6) is 0 Å². The van der Waals surface area contributed by atoms with Crippen molar-refractivity contribution < 1.29 is 23.1 Å². The van der Waals surface area contributed by atoms with E-state index in [-0.39, 0.29) is 5.69 Å². The molecule has 94 valence electrons. The number of hydrogen-bond acceptors (Lipinski definition) is 2. The Kier molecular flexibility index (Phi) is 2.70. The Morgan fingerprint density at radius 3 is 2.33 bits per heavy atom. The first-order valence-electron chi connectivity index (χ1n) is 4.91. The second-order valence-corrected chi connectivity index (χ2v) is 3.57. The van der Waals surface area contributed by atoms with E-state index >= 15 is 0 Å². The molecule has 1 unspecified atom stereocenters. The van der Waals surface area contributed by atoms with Crippen LogP contribution < -0.4 is 4.59 Å². The molecule has 1 heterocycles. The van der Waals surface area contributed by atoms with Gasteiger partial charge in [-0.05, 0) is 4.59 Å². The highest BCUT2D eigenvalue weighted by Gasteiger charge is 2.59. The van der Waals surface area contributed by atoms with Gasteiger partial charge in [0.1, 0.15) is 0 Å². The zero-order valence-corrected chi connectivity index (χ0v) is 8.93. The molecule has 2 rings (SSSR count). The van der Waals surface area contributed by atoms with E-state index in [1.165, 1.54) is 24.3 Å². The van der Waals surface area contributed by atoms with Crippen molar-refractivity contribution in [2.45, 2.75) is 6.18 Å². The zero-order valence-electron chi connectivity index (χ0n) is 8.93. The van der Waals surface area contributed by atoms with Gasteiger partial charge in [0, 0.05) is 18.2 Å². The van der Waals surface area contributed by atoms with Gasteiger partial charge in [-0.25, -0.2) is 0 Å². The first-order chi connectivity index (χ1) is 8.39. The van der Waals surface area contributed by atoms with E-state index in [1.807, 2.05) is 0 Å². The van der Waals surface area contributed by atoms with Crippen molar-refractivity contribution in [3.63, 3.8) is 0 Å². The summed E-state index contributed by atoms with van der Waals surface area (Å²) in [6.45, 7) is 0. The van der Waals surface area contributed by atoms with E-state index in [2.05, 4.69) is 5.10 Å². The van der Waals surface area contributed by atoms with Crippen molar-refractivity contribution in [3.05, 3.63) is 42.1 Å². The third kappa shape index (κ3) is 1.68. The molecule has 0 spiro atoms. The van der Waals surface area contributed by atoms with Crippen LogP contribution >= 0.6 is 0 Å². The maximum absolute atomic E-state index is 12.9. The van der Waals surface area contributed by atoms with Gasteiger partial charge in [0.2, 0.25) is 0 Å². The molecule has 0 fully saturated rings. The summed E-state index contributed by atoms with van der Waals surface area (Å²) in [6, 6.07) is 7.07. The Morgan fingerprint density at radius 2 is 1.83 bits per heavy atom. The number of halogens is 3. The lowest BCUT2D eigenvalue weighted by atomic mass is 10.2. The van der Waals surface area contributed by atoms with Crippen LogP contribution in [0.1, 0.15) is 0 Å². The maximum Gasteiger partial charge on any atom is 0.551 e. The van der Waals surface area contributed by atoms with Gasteiger partial charge < -0.3 is 5.11 Å². The van der Waals surface area contributed by atoms with Crippen LogP contribution in [-0.2, 0) is 0 Å². The molecule has 1 amide bonds. The first-order valence-corrected chi connectivity index (χ1v) is 4.91. The standard InChI is InChI=1S/C11H7F3N2O2/c12-11(13,14)9-6-7-15-16(9,10(17)18)8-4-2-1-3-5-8/h1-7H/p+1. The van der Waals surface area contributed by atoms with E-state index in [4.69, 9.17) is 5.11 Å². The molecule has 4 nitrogen and oxygen atoms in total. The minimum Gasteiger partial charge on any atom is -0.433 e. The van der Waals surface area contributed by atoms with Crippen LogP contribution in [-0.4, -0.2) is 23.6 Å². The molecule has 1 aliphatic heterocycles. The highest BCUT2D eigenvalue weighted by Crippen LogP contribution is 2.41. The summed E-state index contributed by atoms with van der Waals surface area (Å²) in [5.41, 5.74) is -1.33. The van der Waals surface area contributed by atoms with Crippen molar-refractivity contribution in [3.8, 4) is 0 Å². The molecule has 1 N–H and O–H groups in total. The molecule has 0 radical (unpaired) electrons. The second-order valence-electron chi connectivity index (χ2n) is 3.57. The van der Waals surface area contributed by atoms with Gasteiger partial charge in [-0.3, -0.25) is 0 Å². The summed E-state index contributed by atoms with van der Waals surface area (Å²) in [7, 11) is 0. The fourth-order valence-electron chi connectivity index (χ4n) is 1.76. The van der Waals surface area contributed by atoms with Crippen LogP contribution in [0.25, 0.3) is 0 Å². The van der Waals surface area contributed by atoms with Crippen LogP contribution in [0.15, 0.2) is 47.2 Å². The maximum atomic E-state index is 12.9. The molecule has 0 aliphatic carbocycles. The quantitative estimate of drug-likeness (QED) is 0.786. The third-order valence-electron chi connectivity index (χ3n) is 2.52. The number of amides is 1. The average molecular weight is 257 g/mol. The van der Waals surface area contributed by atoms with Gasteiger partial charge in [0.25, 0.3) is 5.70 Å². The molecular formula is C11H8F3N2O2+. The first kappa shape index (κ1) is 12.3. The van der Waals surface area contributed by atoms with Gasteiger partial charge in [-0.15, -0.1) is 0 Å². The van der Waals surface area contributed by atoms with Crippen LogP contribution in [0, 0.1) is 0 Å². The Labute approximate surface area is 99.8 Å². The Morgan fingerprint density at radius 1 is 1.22 bits per heavy atom. The smallest absolute Gasteiger partial charge is 0.433 e. The highest BCUT2D eigenvalue weighted by atomic mass is 19.4. The lowest BCUT2D eigenvalue weighted by molar-refractivity contribution is -0.107. The lowest BCUT2D eigenvalue weighted by Crippen LogP contribution is -2.50. The summed E-state index contributed by atoms with van der Waals surface area (Å²) < 4.78 is 37.0. The van der Waals surface area contributed by atoms with Gasteiger partial charge in [0.05, 0.1) is 6.21 Å². The largest absolute Gasteiger partial charge is 0.551 e. The van der Waals surface area contributed by atoms with E-state index in [0.29, 0.717) is 6.08 Å². The van der Waals surface area contributed by atoms with Crippen molar-refractivity contribution in [2.75, 3.05) is 0 Å².